The molecule has 0 bridgehead atoms. The van der Waals surface area contributed by atoms with E-state index >= 15 is 0 Å². The molecule has 15 heavy (non-hydrogen) atoms. The number of unbranched alkanes of at least 4 members (excludes halogenated alkanes) is 4. The maximum atomic E-state index is 6.32. The van der Waals surface area contributed by atoms with Gasteiger partial charge in [0.2, 0.25) is 0 Å². The molecular weight excluding hydrogens is 206 g/mol. The van der Waals surface area contributed by atoms with Crippen LogP contribution >= 0.6 is 11.6 Å². The van der Waals surface area contributed by atoms with E-state index in [2.05, 4.69) is 25.7 Å². The Morgan fingerprint density at radius 2 is 1.33 bits per heavy atom. The fraction of sp³-hybridized carbons (Fsp3) is 1.00. The summed E-state index contributed by atoms with van der Waals surface area (Å²) in [5.74, 6) is 0. The van der Waals surface area contributed by atoms with E-state index in [4.69, 9.17) is 11.6 Å². The van der Waals surface area contributed by atoms with E-state index in [1.54, 1.807) is 0 Å². The third kappa shape index (κ3) is 8.10. The van der Waals surface area contributed by atoms with Gasteiger partial charge in [-0.3, -0.25) is 4.90 Å². The van der Waals surface area contributed by atoms with Gasteiger partial charge in [0.15, 0.2) is 0 Å². The van der Waals surface area contributed by atoms with E-state index in [9.17, 15) is 0 Å². The molecule has 92 valence electrons. The summed E-state index contributed by atoms with van der Waals surface area (Å²) >= 11 is 6.32. The van der Waals surface area contributed by atoms with Gasteiger partial charge in [0.05, 0.1) is 5.50 Å². The van der Waals surface area contributed by atoms with Crippen LogP contribution in [0.4, 0.5) is 0 Å². The molecule has 0 N–H and O–H groups in total. The Bertz CT molecular complexity index is 118. The Balaban J connectivity index is 3.73. The standard InChI is InChI=1S/C13H28ClN/c1-4-7-9-11-15(13(14)6-3)12-10-8-5-2/h13H,4-12H2,1-3H3. The average molecular weight is 234 g/mol. The third-order valence-corrected chi connectivity index (χ3v) is 3.42. The Morgan fingerprint density at radius 1 is 0.867 bits per heavy atom. The number of hydrogen-bond acceptors (Lipinski definition) is 1. The molecule has 0 aliphatic carbocycles. The maximum absolute atomic E-state index is 6.32. The minimum atomic E-state index is 0.249. The van der Waals surface area contributed by atoms with Crippen LogP contribution in [0.1, 0.15) is 65.7 Å². The highest BCUT2D eigenvalue weighted by Gasteiger charge is 2.12. The zero-order chi connectivity index (χ0) is 11.5. The van der Waals surface area contributed by atoms with Crippen molar-refractivity contribution < 1.29 is 0 Å². The Hall–Kier alpha value is 0.250. The van der Waals surface area contributed by atoms with Crippen LogP contribution in [-0.4, -0.2) is 23.5 Å². The predicted octanol–water partition coefficient (Wildman–Crippen LogP) is 4.64. The van der Waals surface area contributed by atoms with E-state index in [0.717, 1.165) is 6.42 Å². The number of rotatable bonds is 10. The zero-order valence-electron chi connectivity index (χ0n) is 10.8. The summed E-state index contributed by atoms with van der Waals surface area (Å²) in [6.45, 7) is 9.03. The lowest BCUT2D eigenvalue weighted by atomic mass is 10.2. The van der Waals surface area contributed by atoms with Crippen LogP contribution < -0.4 is 0 Å². The molecule has 0 aromatic rings. The summed E-state index contributed by atoms with van der Waals surface area (Å²) < 4.78 is 0. The van der Waals surface area contributed by atoms with Gasteiger partial charge in [0.1, 0.15) is 0 Å². The number of halogens is 1. The second kappa shape index (κ2) is 10.8. The van der Waals surface area contributed by atoms with Crippen LogP contribution in [0.15, 0.2) is 0 Å². The smallest absolute Gasteiger partial charge is 0.0847 e. The molecule has 0 fully saturated rings. The number of hydrogen-bond donors (Lipinski definition) is 0. The van der Waals surface area contributed by atoms with Gasteiger partial charge in [0, 0.05) is 0 Å². The van der Waals surface area contributed by atoms with Crippen molar-refractivity contribution in [1.29, 1.82) is 0 Å². The molecule has 0 saturated carbocycles. The minimum absolute atomic E-state index is 0.249. The van der Waals surface area contributed by atoms with Crippen LogP contribution in [0, 0.1) is 0 Å². The van der Waals surface area contributed by atoms with Crippen molar-refractivity contribution >= 4 is 11.6 Å². The quantitative estimate of drug-likeness (QED) is 0.302. The first-order valence-corrected chi connectivity index (χ1v) is 7.07. The molecule has 0 spiro atoms. The van der Waals surface area contributed by atoms with Gasteiger partial charge in [-0.2, -0.15) is 0 Å². The Labute approximate surface area is 101 Å². The van der Waals surface area contributed by atoms with E-state index in [0.29, 0.717) is 0 Å². The highest BCUT2D eigenvalue weighted by atomic mass is 35.5. The van der Waals surface area contributed by atoms with Crippen molar-refractivity contribution in [3.63, 3.8) is 0 Å². The summed E-state index contributed by atoms with van der Waals surface area (Å²) in [6, 6.07) is 0. The van der Waals surface area contributed by atoms with Crippen molar-refractivity contribution in [2.24, 2.45) is 0 Å². The molecule has 0 saturated heterocycles. The fourth-order valence-corrected chi connectivity index (χ4v) is 1.98. The lowest BCUT2D eigenvalue weighted by Gasteiger charge is -2.26. The maximum Gasteiger partial charge on any atom is 0.0847 e. The van der Waals surface area contributed by atoms with Crippen LogP contribution in [-0.2, 0) is 0 Å². The van der Waals surface area contributed by atoms with Gasteiger partial charge in [-0.15, -0.1) is 11.6 Å². The van der Waals surface area contributed by atoms with Gasteiger partial charge in [0.25, 0.3) is 0 Å². The largest absolute Gasteiger partial charge is 0.287 e. The Kier molecular flexibility index (Phi) is 10.9. The van der Waals surface area contributed by atoms with E-state index in [-0.39, 0.29) is 5.50 Å². The summed E-state index contributed by atoms with van der Waals surface area (Å²) in [5.41, 5.74) is 0.249. The highest BCUT2D eigenvalue weighted by molar-refractivity contribution is 6.20. The first kappa shape index (κ1) is 15.2. The van der Waals surface area contributed by atoms with E-state index < -0.39 is 0 Å². The van der Waals surface area contributed by atoms with Gasteiger partial charge in [-0.25, -0.2) is 0 Å². The van der Waals surface area contributed by atoms with Crippen LogP contribution in [0.3, 0.4) is 0 Å². The SMILES string of the molecule is CCCCCN(CCCCC)C(Cl)CC. The lowest BCUT2D eigenvalue weighted by molar-refractivity contribution is 0.236. The molecule has 0 heterocycles. The van der Waals surface area contributed by atoms with Gasteiger partial charge < -0.3 is 0 Å². The summed E-state index contributed by atoms with van der Waals surface area (Å²) in [5, 5.41) is 0. The highest BCUT2D eigenvalue weighted by Crippen LogP contribution is 2.12. The van der Waals surface area contributed by atoms with Crippen LogP contribution in [0.25, 0.3) is 0 Å². The zero-order valence-corrected chi connectivity index (χ0v) is 11.5. The first-order chi connectivity index (χ1) is 7.26. The summed E-state index contributed by atoms with van der Waals surface area (Å²) in [6.07, 6.45) is 8.90. The van der Waals surface area contributed by atoms with Crippen LogP contribution in [0.5, 0.6) is 0 Å². The first-order valence-electron chi connectivity index (χ1n) is 6.64. The number of alkyl halides is 1. The van der Waals surface area contributed by atoms with Crippen molar-refractivity contribution in [3.8, 4) is 0 Å². The summed E-state index contributed by atoms with van der Waals surface area (Å²) in [7, 11) is 0. The molecule has 0 aliphatic heterocycles. The molecule has 1 nitrogen and oxygen atoms in total. The van der Waals surface area contributed by atoms with Crippen molar-refractivity contribution in [3.05, 3.63) is 0 Å². The molecule has 1 atom stereocenters. The van der Waals surface area contributed by atoms with Gasteiger partial charge in [-0.1, -0.05) is 46.5 Å². The topological polar surface area (TPSA) is 3.24 Å². The normalized spacial score (nSPS) is 13.4. The van der Waals surface area contributed by atoms with Crippen molar-refractivity contribution in [1.82, 2.24) is 4.90 Å². The van der Waals surface area contributed by atoms with E-state index in [1.807, 2.05) is 0 Å². The summed E-state index contributed by atoms with van der Waals surface area (Å²) in [4.78, 5) is 2.45. The second-order valence-electron chi connectivity index (χ2n) is 4.29. The number of nitrogens with zero attached hydrogens (tertiary/aromatic N) is 1. The molecular formula is C13H28ClN. The molecule has 1 unspecified atom stereocenters. The average Bonchev–Trinajstić information content (AvgIpc) is 2.26. The predicted molar refractivity (Wildman–Crippen MR) is 70.6 cm³/mol. The van der Waals surface area contributed by atoms with Crippen molar-refractivity contribution in [2.75, 3.05) is 13.1 Å². The van der Waals surface area contributed by atoms with E-state index in [1.165, 1.54) is 51.6 Å². The molecule has 0 aromatic heterocycles. The fourth-order valence-electron chi connectivity index (χ4n) is 1.78. The Morgan fingerprint density at radius 3 is 1.67 bits per heavy atom. The molecule has 0 aromatic carbocycles. The molecule has 0 radical (unpaired) electrons. The van der Waals surface area contributed by atoms with Crippen molar-refractivity contribution in [2.45, 2.75) is 71.2 Å². The molecule has 0 rings (SSSR count). The monoisotopic (exact) mass is 233 g/mol. The van der Waals surface area contributed by atoms with Crippen LogP contribution in [0.2, 0.25) is 0 Å². The molecule has 0 amide bonds. The second-order valence-corrected chi connectivity index (χ2v) is 4.80. The molecule has 0 aliphatic rings. The minimum Gasteiger partial charge on any atom is -0.287 e. The lowest BCUT2D eigenvalue weighted by Crippen LogP contribution is -2.32. The third-order valence-electron chi connectivity index (χ3n) is 2.83. The van der Waals surface area contributed by atoms with Gasteiger partial charge >= 0.3 is 0 Å². The molecule has 2 heteroatoms. The van der Waals surface area contributed by atoms with Gasteiger partial charge in [-0.05, 0) is 32.4 Å².